The second kappa shape index (κ2) is 5.75. The van der Waals surface area contributed by atoms with Crippen LogP contribution in [-0.4, -0.2) is 44.9 Å². The molecule has 1 aromatic carbocycles. The van der Waals surface area contributed by atoms with Gasteiger partial charge in [-0.25, -0.2) is 0 Å². The van der Waals surface area contributed by atoms with Gasteiger partial charge in [0.05, 0.1) is 5.75 Å². The van der Waals surface area contributed by atoms with Crippen molar-refractivity contribution in [2.45, 2.75) is 12.8 Å². The molecule has 0 aliphatic carbocycles. The molecule has 0 saturated carbocycles. The highest BCUT2D eigenvalue weighted by molar-refractivity contribution is 7.86. The molecule has 22 heavy (non-hydrogen) atoms. The molecule has 0 bridgehead atoms. The lowest BCUT2D eigenvalue weighted by atomic mass is 10.1. The maximum Gasteiger partial charge on any atom is 0.302 e. The van der Waals surface area contributed by atoms with Crippen LogP contribution in [0.15, 0.2) is 18.2 Å². The average Bonchev–Trinajstić information content (AvgIpc) is 3.01. The third-order valence-electron chi connectivity index (χ3n) is 3.86. The number of para-hydroxylation sites is 1. The summed E-state index contributed by atoms with van der Waals surface area (Å²) >= 11 is 0. The van der Waals surface area contributed by atoms with Crippen molar-refractivity contribution in [3.05, 3.63) is 23.8 Å². The quantitative estimate of drug-likeness (QED) is 0.757. The van der Waals surface area contributed by atoms with Gasteiger partial charge in [-0.1, -0.05) is 12.1 Å². The molecule has 2 heterocycles. The van der Waals surface area contributed by atoms with E-state index in [0.29, 0.717) is 24.5 Å². The largest absolute Gasteiger partial charge is 0.454 e. The number of likely N-dealkylation sites (tertiary alicyclic amines) is 1. The summed E-state index contributed by atoms with van der Waals surface area (Å²) in [6.07, 6.45) is 0.656. The van der Waals surface area contributed by atoms with E-state index in [9.17, 15) is 17.1 Å². The van der Waals surface area contributed by atoms with Crippen LogP contribution >= 0.6 is 0 Å². The van der Waals surface area contributed by atoms with Gasteiger partial charge in [0.15, 0.2) is 11.5 Å². The van der Waals surface area contributed by atoms with Crippen LogP contribution in [0.25, 0.3) is 0 Å². The van der Waals surface area contributed by atoms with Crippen molar-refractivity contribution in [1.29, 1.82) is 0 Å². The fourth-order valence-corrected chi connectivity index (χ4v) is 3.69. The molecule has 2 aliphatic heterocycles. The van der Waals surface area contributed by atoms with Gasteiger partial charge in [0.25, 0.3) is 0 Å². The van der Waals surface area contributed by atoms with Crippen LogP contribution in [0.1, 0.15) is 12.0 Å². The van der Waals surface area contributed by atoms with Gasteiger partial charge in [0.2, 0.25) is 12.7 Å². The van der Waals surface area contributed by atoms with E-state index in [4.69, 9.17) is 9.47 Å². The summed E-state index contributed by atoms with van der Waals surface area (Å²) in [6.45, 7) is 0.904. The third kappa shape index (κ3) is 3.32. The third-order valence-corrected chi connectivity index (χ3v) is 4.73. The Labute approximate surface area is 128 Å². The molecular weight excluding hydrogens is 313 g/mol. The van der Waals surface area contributed by atoms with Crippen LogP contribution < -0.4 is 9.47 Å². The molecule has 1 atom stereocenters. The highest BCUT2D eigenvalue weighted by atomic mass is 32.3. The van der Waals surface area contributed by atoms with Crippen molar-refractivity contribution in [2.75, 3.05) is 25.6 Å². The zero-order chi connectivity index (χ0) is 15.7. The predicted octanol–water partition coefficient (Wildman–Crippen LogP) is 1.11. The minimum atomic E-state index is -4.54. The number of carbonyl (C=O) groups is 1. The second-order valence-electron chi connectivity index (χ2n) is 5.52. The molecular formula is C14H16FNO5S. The zero-order valence-corrected chi connectivity index (χ0v) is 12.6. The number of hydrogen-bond donors (Lipinski definition) is 0. The summed E-state index contributed by atoms with van der Waals surface area (Å²) in [5, 5.41) is 0. The highest BCUT2D eigenvalue weighted by Gasteiger charge is 2.32. The Balaban J connectivity index is 1.61. The van der Waals surface area contributed by atoms with Crippen molar-refractivity contribution in [2.24, 2.45) is 5.92 Å². The van der Waals surface area contributed by atoms with E-state index < -0.39 is 21.9 Å². The van der Waals surface area contributed by atoms with Crippen LogP contribution in [0.5, 0.6) is 11.5 Å². The van der Waals surface area contributed by atoms with Gasteiger partial charge in [0.1, 0.15) is 0 Å². The number of ether oxygens (including phenoxy) is 2. The summed E-state index contributed by atoms with van der Waals surface area (Å²) in [4.78, 5) is 13.5. The monoisotopic (exact) mass is 329 g/mol. The first kappa shape index (κ1) is 15.1. The lowest BCUT2D eigenvalue weighted by Crippen LogP contribution is -2.28. The van der Waals surface area contributed by atoms with Gasteiger partial charge in [-0.2, -0.15) is 8.42 Å². The molecule has 8 heteroatoms. The number of carbonyl (C=O) groups excluding carboxylic acids is 1. The molecule has 1 unspecified atom stereocenters. The topological polar surface area (TPSA) is 72.9 Å². The molecule has 1 aromatic rings. The molecule has 0 aromatic heterocycles. The van der Waals surface area contributed by atoms with Gasteiger partial charge in [0, 0.05) is 25.4 Å². The number of halogens is 1. The first-order valence-electron chi connectivity index (χ1n) is 7.00. The van der Waals surface area contributed by atoms with E-state index in [1.54, 1.807) is 4.90 Å². The van der Waals surface area contributed by atoms with E-state index in [1.807, 2.05) is 18.2 Å². The SMILES string of the molecule is O=C1CC(CS(=O)(=O)F)CN1CCc1cccc2c1OCO2. The summed E-state index contributed by atoms with van der Waals surface area (Å²) in [5.41, 5.74) is 0.935. The Morgan fingerprint density at radius 1 is 1.32 bits per heavy atom. The minimum absolute atomic E-state index is 0.0790. The first-order valence-corrected chi connectivity index (χ1v) is 8.55. The van der Waals surface area contributed by atoms with E-state index in [1.165, 1.54) is 0 Å². The van der Waals surface area contributed by atoms with Gasteiger partial charge >= 0.3 is 10.2 Å². The predicted molar refractivity (Wildman–Crippen MR) is 75.9 cm³/mol. The smallest absolute Gasteiger partial charge is 0.302 e. The Morgan fingerprint density at radius 3 is 2.91 bits per heavy atom. The summed E-state index contributed by atoms with van der Waals surface area (Å²) in [5.74, 6) is 0.179. The zero-order valence-electron chi connectivity index (χ0n) is 11.8. The maximum atomic E-state index is 12.7. The highest BCUT2D eigenvalue weighted by Crippen LogP contribution is 2.35. The van der Waals surface area contributed by atoms with Crippen molar-refractivity contribution in [3.8, 4) is 11.5 Å². The van der Waals surface area contributed by atoms with Crippen molar-refractivity contribution in [1.82, 2.24) is 4.90 Å². The van der Waals surface area contributed by atoms with E-state index in [0.717, 1.165) is 5.56 Å². The first-order chi connectivity index (χ1) is 10.4. The van der Waals surface area contributed by atoms with Crippen LogP contribution in [-0.2, 0) is 21.4 Å². The lowest BCUT2D eigenvalue weighted by molar-refractivity contribution is -0.127. The van der Waals surface area contributed by atoms with Gasteiger partial charge in [-0.05, 0) is 18.1 Å². The van der Waals surface area contributed by atoms with Crippen molar-refractivity contribution < 1.29 is 26.6 Å². The maximum absolute atomic E-state index is 12.7. The van der Waals surface area contributed by atoms with E-state index in [-0.39, 0.29) is 25.7 Å². The summed E-state index contributed by atoms with van der Waals surface area (Å²) in [7, 11) is -4.54. The Morgan fingerprint density at radius 2 is 2.14 bits per heavy atom. The Hall–Kier alpha value is -1.83. The number of hydrogen-bond acceptors (Lipinski definition) is 5. The molecule has 3 rings (SSSR count). The second-order valence-corrected chi connectivity index (χ2v) is 6.93. The molecule has 0 radical (unpaired) electrons. The number of amides is 1. The Kier molecular flexibility index (Phi) is 3.94. The standard InChI is InChI=1S/C14H16FNO5S/c15-22(18,19)8-10-6-13(17)16(7-10)5-4-11-2-1-3-12-14(11)21-9-20-12/h1-3,10H,4-9H2. The van der Waals surface area contributed by atoms with E-state index >= 15 is 0 Å². The Bertz CT molecular complexity index is 690. The fraction of sp³-hybridized carbons (Fsp3) is 0.500. The molecule has 1 fully saturated rings. The van der Waals surface area contributed by atoms with Crippen molar-refractivity contribution in [3.63, 3.8) is 0 Å². The molecule has 1 saturated heterocycles. The molecule has 1 amide bonds. The average molecular weight is 329 g/mol. The molecule has 0 spiro atoms. The van der Waals surface area contributed by atoms with Crippen LogP contribution in [0.2, 0.25) is 0 Å². The lowest BCUT2D eigenvalue weighted by Gasteiger charge is -2.16. The van der Waals surface area contributed by atoms with Crippen LogP contribution in [0.3, 0.4) is 0 Å². The molecule has 0 N–H and O–H groups in total. The number of benzene rings is 1. The van der Waals surface area contributed by atoms with Crippen molar-refractivity contribution >= 4 is 16.1 Å². The number of rotatable bonds is 5. The summed E-state index contributed by atoms with van der Waals surface area (Å²) < 4.78 is 44.8. The van der Waals surface area contributed by atoms with Gasteiger partial charge in [-0.3, -0.25) is 4.79 Å². The fourth-order valence-electron chi connectivity index (χ4n) is 2.91. The van der Waals surface area contributed by atoms with Crippen LogP contribution in [0.4, 0.5) is 3.89 Å². The molecule has 6 nitrogen and oxygen atoms in total. The molecule has 2 aliphatic rings. The molecule has 120 valence electrons. The normalized spacial score (nSPS) is 20.7. The number of fused-ring (bicyclic) bond motifs is 1. The van der Waals surface area contributed by atoms with E-state index in [2.05, 4.69) is 0 Å². The number of nitrogens with zero attached hydrogens (tertiary/aromatic N) is 1. The van der Waals surface area contributed by atoms with Gasteiger partial charge in [-0.15, -0.1) is 3.89 Å². The van der Waals surface area contributed by atoms with Crippen LogP contribution in [0, 0.1) is 5.92 Å². The van der Waals surface area contributed by atoms with Gasteiger partial charge < -0.3 is 14.4 Å². The minimum Gasteiger partial charge on any atom is -0.454 e. The summed E-state index contributed by atoms with van der Waals surface area (Å²) in [6, 6.07) is 5.57.